The van der Waals surface area contributed by atoms with E-state index in [9.17, 15) is 14.3 Å². The summed E-state index contributed by atoms with van der Waals surface area (Å²) in [5.41, 5.74) is 0.379. The molecule has 0 atom stereocenters. The lowest BCUT2D eigenvalue weighted by molar-refractivity contribution is -0.125. The molecule has 0 spiro atoms. The molecule has 0 bridgehead atoms. The number of carbonyl (C=O) groups is 1. The second-order valence-corrected chi connectivity index (χ2v) is 5.23. The van der Waals surface area contributed by atoms with Crippen molar-refractivity contribution in [1.82, 2.24) is 5.32 Å². The Bertz CT molecular complexity index is 441. The average Bonchev–Trinajstić information content (AvgIpc) is 2.47. The zero-order valence-electron chi connectivity index (χ0n) is 11.4. The van der Waals surface area contributed by atoms with E-state index in [0.717, 1.165) is 5.56 Å². The van der Waals surface area contributed by atoms with Gasteiger partial charge >= 0.3 is 0 Å². The number of amides is 1. The molecule has 2 rings (SSSR count). The van der Waals surface area contributed by atoms with E-state index < -0.39 is 5.54 Å². The number of carbonyl (C=O) groups excluding carboxylic acids is 1. The Morgan fingerprint density at radius 1 is 1.30 bits per heavy atom. The van der Waals surface area contributed by atoms with E-state index >= 15 is 0 Å². The van der Waals surface area contributed by atoms with Crippen molar-refractivity contribution in [2.45, 2.75) is 31.2 Å². The highest BCUT2D eigenvalue weighted by Crippen LogP contribution is 2.20. The highest BCUT2D eigenvalue weighted by molar-refractivity contribution is 5.77. The van der Waals surface area contributed by atoms with Crippen LogP contribution in [0.3, 0.4) is 0 Å². The second kappa shape index (κ2) is 6.81. The topological polar surface area (TPSA) is 58.6 Å². The molecule has 0 unspecified atom stereocenters. The molecule has 20 heavy (non-hydrogen) atoms. The van der Waals surface area contributed by atoms with Gasteiger partial charge in [-0.1, -0.05) is 12.1 Å². The van der Waals surface area contributed by atoms with Gasteiger partial charge in [0.05, 0.1) is 12.1 Å². The van der Waals surface area contributed by atoms with E-state index in [-0.39, 0.29) is 18.3 Å². The summed E-state index contributed by atoms with van der Waals surface area (Å²) < 4.78 is 18.0. The number of hydrogen-bond donors (Lipinski definition) is 2. The lowest BCUT2D eigenvalue weighted by atomic mass is 9.90. The van der Waals surface area contributed by atoms with Crippen molar-refractivity contribution in [2.24, 2.45) is 0 Å². The third-order valence-corrected chi connectivity index (χ3v) is 3.71. The molecule has 1 aliphatic heterocycles. The molecule has 1 aromatic carbocycles. The van der Waals surface area contributed by atoms with Crippen molar-refractivity contribution in [3.05, 3.63) is 35.6 Å². The first-order valence-corrected chi connectivity index (χ1v) is 6.88. The van der Waals surface area contributed by atoms with Crippen molar-refractivity contribution in [3.8, 4) is 0 Å². The van der Waals surface area contributed by atoms with Gasteiger partial charge in [-0.3, -0.25) is 4.79 Å². The van der Waals surface area contributed by atoms with E-state index in [1.54, 1.807) is 12.1 Å². The van der Waals surface area contributed by atoms with Gasteiger partial charge in [0.25, 0.3) is 0 Å². The standard InChI is InChI=1S/C15H20FNO3/c16-13-4-1-12(2-5-13)3-6-14(19)17-15(11-18)7-9-20-10-8-15/h1-2,4-5,18H,3,6-11H2,(H,17,19). The Morgan fingerprint density at radius 2 is 1.95 bits per heavy atom. The number of nitrogens with one attached hydrogen (secondary N) is 1. The summed E-state index contributed by atoms with van der Waals surface area (Å²) in [7, 11) is 0. The number of rotatable bonds is 5. The van der Waals surface area contributed by atoms with Gasteiger partial charge in [-0.15, -0.1) is 0 Å². The van der Waals surface area contributed by atoms with Gasteiger partial charge in [0.2, 0.25) is 5.91 Å². The molecule has 1 aliphatic rings. The average molecular weight is 281 g/mol. The van der Waals surface area contributed by atoms with Crippen molar-refractivity contribution >= 4 is 5.91 Å². The Kier molecular flexibility index (Phi) is 5.09. The second-order valence-electron chi connectivity index (χ2n) is 5.23. The molecule has 1 amide bonds. The van der Waals surface area contributed by atoms with Crippen LogP contribution in [0.15, 0.2) is 24.3 Å². The highest BCUT2D eigenvalue weighted by atomic mass is 19.1. The third-order valence-electron chi connectivity index (χ3n) is 3.71. The lowest BCUT2D eigenvalue weighted by Crippen LogP contribution is -2.54. The zero-order chi connectivity index (χ0) is 14.4. The first-order valence-electron chi connectivity index (χ1n) is 6.88. The van der Waals surface area contributed by atoms with Gasteiger partial charge in [0.15, 0.2) is 0 Å². The van der Waals surface area contributed by atoms with Crippen LogP contribution in [0.5, 0.6) is 0 Å². The van der Waals surface area contributed by atoms with E-state index in [0.29, 0.717) is 38.9 Å². The van der Waals surface area contributed by atoms with E-state index in [1.165, 1.54) is 12.1 Å². The summed E-state index contributed by atoms with van der Waals surface area (Å²) >= 11 is 0. The molecular weight excluding hydrogens is 261 g/mol. The van der Waals surface area contributed by atoms with Crippen LogP contribution in [0.4, 0.5) is 4.39 Å². The van der Waals surface area contributed by atoms with Crippen LogP contribution in [0.1, 0.15) is 24.8 Å². The lowest BCUT2D eigenvalue weighted by Gasteiger charge is -2.36. The minimum Gasteiger partial charge on any atom is -0.394 e. The Balaban J connectivity index is 1.83. The number of aryl methyl sites for hydroxylation is 1. The minimum atomic E-state index is -0.544. The van der Waals surface area contributed by atoms with Gasteiger partial charge in [-0.05, 0) is 37.0 Å². The van der Waals surface area contributed by atoms with Crippen LogP contribution in [-0.2, 0) is 16.0 Å². The molecule has 1 aromatic rings. The maximum atomic E-state index is 12.8. The quantitative estimate of drug-likeness (QED) is 0.858. The van der Waals surface area contributed by atoms with Gasteiger partial charge in [-0.25, -0.2) is 4.39 Å². The van der Waals surface area contributed by atoms with Crippen LogP contribution in [-0.4, -0.2) is 36.4 Å². The molecule has 1 fully saturated rings. The highest BCUT2D eigenvalue weighted by Gasteiger charge is 2.33. The Morgan fingerprint density at radius 3 is 2.55 bits per heavy atom. The fourth-order valence-electron chi connectivity index (χ4n) is 2.35. The maximum absolute atomic E-state index is 12.8. The third kappa shape index (κ3) is 4.02. The molecular formula is C15H20FNO3. The van der Waals surface area contributed by atoms with E-state index in [4.69, 9.17) is 4.74 Å². The number of aliphatic hydroxyl groups is 1. The van der Waals surface area contributed by atoms with Crippen LogP contribution in [0, 0.1) is 5.82 Å². The number of aliphatic hydroxyl groups excluding tert-OH is 1. The number of benzene rings is 1. The molecule has 0 aliphatic carbocycles. The normalized spacial score (nSPS) is 17.7. The molecule has 1 saturated heterocycles. The van der Waals surface area contributed by atoms with Gasteiger partial charge in [0.1, 0.15) is 5.82 Å². The van der Waals surface area contributed by atoms with E-state index in [2.05, 4.69) is 5.32 Å². The zero-order valence-corrected chi connectivity index (χ0v) is 11.4. The predicted molar refractivity (Wildman–Crippen MR) is 72.7 cm³/mol. The van der Waals surface area contributed by atoms with Crippen molar-refractivity contribution in [1.29, 1.82) is 0 Å². The molecule has 2 N–H and O–H groups in total. The molecule has 1 heterocycles. The molecule has 0 saturated carbocycles. The monoisotopic (exact) mass is 281 g/mol. The fourth-order valence-corrected chi connectivity index (χ4v) is 2.35. The van der Waals surface area contributed by atoms with Gasteiger partial charge in [0, 0.05) is 19.6 Å². The molecule has 5 heteroatoms. The summed E-state index contributed by atoms with van der Waals surface area (Å²) in [6.07, 6.45) is 2.15. The molecule has 0 radical (unpaired) electrons. The van der Waals surface area contributed by atoms with Crippen LogP contribution < -0.4 is 5.32 Å². The maximum Gasteiger partial charge on any atom is 0.220 e. The van der Waals surface area contributed by atoms with Gasteiger partial charge < -0.3 is 15.2 Å². The van der Waals surface area contributed by atoms with Crippen LogP contribution >= 0.6 is 0 Å². The Hall–Kier alpha value is -1.46. The summed E-state index contributed by atoms with van der Waals surface area (Å²) in [4.78, 5) is 12.0. The van der Waals surface area contributed by atoms with Crippen molar-refractivity contribution in [3.63, 3.8) is 0 Å². The first kappa shape index (κ1) is 14.9. The summed E-state index contributed by atoms with van der Waals surface area (Å²) in [5, 5.41) is 12.4. The van der Waals surface area contributed by atoms with Crippen molar-refractivity contribution in [2.75, 3.05) is 19.8 Å². The summed E-state index contributed by atoms with van der Waals surface area (Å²) in [5.74, 6) is -0.370. The van der Waals surface area contributed by atoms with Gasteiger partial charge in [-0.2, -0.15) is 0 Å². The van der Waals surface area contributed by atoms with Crippen molar-refractivity contribution < 1.29 is 19.0 Å². The van der Waals surface area contributed by atoms with Crippen LogP contribution in [0.2, 0.25) is 0 Å². The number of ether oxygens (including phenoxy) is 1. The molecule has 4 nitrogen and oxygen atoms in total. The Labute approximate surface area is 117 Å². The number of halogens is 1. The summed E-state index contributed by atoms with van der Waals surface area (Å²) in [6, 6.07) is 6.14. The predicted octanol–water partition coefficient (Wildman–Crippen LogP) is 1.42. The number of hydrogen-bond acceptors (Lipinski definition) is 3. The smallest absolute Gasteiger partial charge is 0.220 e. The summed E-state index contributed by atoms with van der Waals surface area (Å²) in [6.45, 7) is 1.04. The molecule has 110 valence electrons. The fraction of sp³-hybridized carbons (Fsp3) is 0.533. The van der Waals surface area contributed by atoms with E-state index in [1.807, 2.05) is 0 Å². The minimum absolute atomic E-state index is 0.0708. The molecule has 0 aromatic heterocycles. The van der Waals surface area contributed by atoms with Crippen LogP contribution in [0.25, 0.3) is 0 Å². The SMILES string of the molecule is O=C(CCc1ccc(F)cc1)NC1(CO)CCOCC1. The largest absolute Gasteiger partial charge is 0.394 e. The first-order chi connectivity index (χ1) is 9.63.